The summed E-state index contributed by atoms with van der Waals surface area (Å²) in [5.74, 6) is -0.107. The first-order valence-corrected chi connectivity index (χ1v) is 6.14. The molecule has 3 nitrogen and oxygen atoms in total. The number of alkyl halides is 4. The minimum absolute atomic E-state index is 0.0290. The van der Waals surface area contributed by atoms with Crippen molar-refractivity contribution in [2.45, 2.75) is 12.8 Å². The fourth-order valence-corrected chi connectivity index (χ4v) is 2.19. The van der Waals surface area contributed by atoms with Crippen molar-refractivity contribution in [1.82, 2.24) is 0 Å². The molecule has 0 aliphatic carbocycles. The minimum Gasteiger partial charge on any atom is -0.406 e. The van der Waals surface area contributed by atoms with E-state index >= 15 is 0 Å². The molecule has 1 heterocycles. The number of ether oxygens (including phenoxy) is 1. The van der Waals surface area contributed by atoms with Crippen LogP contribution < -0.4 is 9.64 Å². The molecular formula is C12H11ClF3NO2. The lowest BCUT2D eigenvalue weighted by atomic mass is 10.1. The third-order valence-corrected chi connectivity index (χ3v) is 3.22. The molecule has 1 amide bonds. The fourth-order valence-electron chi connectivity index (χ4n) is 1.98. The maximum Gasteiger partial charge on any atom is 0.573 e. The average Bonchev–Trinajstić information content (AvgIpc) is 2.69. The van der Waals surface area contributed by atoms with Gasteiger partial charge in [0.25, 0.3) is 0 Å². The van der Waals surface area contributed by atoms with Gasteiger partial charge in [-0.2, -0.15) is 0 Å². The van der Waals surface area contributed by atoms with Gasteiger partial charge in [0.1, 0.15) is 5.75 Å². The monoisotopic (exact) mass is 293 g/mol. The van der Waals surface area contributed by atoms with E-state index in [1.54, 1.807) is 6.07 Å². The van der Waals surface area contributed by atoms with E-state index in [0.717, 1.165) is 0 Å². The summed E-state index contributed by atoms with van der Waals surface area (Å²) in [6, 6.07) is 5.37. The molecule has 19 heavy (non-hydrogen) atoms. The molecule has 1 aromatic carbocycles. The lowest BCUT2D eigenvalue weighted by Gasteiger charge is -2.17. The predicted molar refractivity (Wildman–Crippen MR) is 64.3 cm³/mol. The number of amides is 1. The SMILES string of the molecule is O=C1CC(CCl)CN1c1cccc(OC(F)(F)F)c1. The Morgan fingerprint density at radius 3 is 2.74 bits per heavy atom. The van der Waals surface area contributed by atoms with E-state index in [1.165, 1.54) is 23.1 Å². The van der Waals surface area contributed by atoms with Crippen LogP contribution >= 0.6 is 11.6 Å². The zero-order chi connectivity index (χ0) is 14.0. The third kappa shape index (κ3) is 3.53. The molecule has 1 fully saturated rings. The predicted octanol–water partition coefficient (Wildman–Crippen LogP) is 3.18. The number of carbonyl (C=O) groups excluding carboxylic acids is 1. The van der Waals surface area contributed by atoms with E-state index < -0.39 is 6.36 Å². The summed E-state index contributed by atoms with van der Waals surface area (Å²) < 4.78 is 40.2. The smallest absolute Gasteiger partial charge is 0.406 e. The molecule has 0 bridgehead atoms. The maximum atomic E-state index is 12.1. The molecule has 1 unspecified atom stereocenters. The van der Waals surface area contributed by atoms with Crippen LogP contribution in [0.2, 0.25) is 0 Å². The van der Waals surface area contributed by atoms with Crippen LogP contribution in [0.1, 0.15) is 6.42 Å². The van der Waals surface area contributed by atoms with Gasteiger partial charge in [-0.25, -0.2) is 0 Å². The van der Waals surface area contributed by atoms with Crippen LogP contribution in [-0.2, 0) is 4.79 Å². The largest absolute Gasteiger partial charge is 0.573 e. The van der Waals surface area contributed by atoms with Crippen molar-refractivity contribution < 1.29 is 22.7 Å². The fraction of sp³-hybridized carbons (Fsp3) is 0.417. The highest BCUT2D eigenvalue weighted by atomic mass is 35.5. The topological polar surface area (TPSA) is 29.5 Å². The van der Waals surface area contributed by atoms with Gasteiger partial charge in [0, 0.05) is 30.6 Å². The number of hydrogen-bond donors (Lipinski definition) is 0. The number of rotatable bonds is 3. The van der Waals surface area contributed by atoms with Crippen LogP contribution in [0.15, 0.2) is 24.3 Å². The quantitative estimate of drug-likeness (QED) is 0.801. The van der Waals surface area contributed by atoms with Gasteiger partial charge in [0.2, 0.25) is 5.91 Å². The zero-order valence-electron chi connectivity index (χ0n) is 9.78. The van der Waals surface area contributed by atoms with Crippen LogP contribution in [0.4, 0.5) is 18.9 Å². The van der Waals surface area contributed by atoms with Gasteiger partial charge in [-0.05, 0) is 18.1 Å². The normalized spacial score (nSPS) is 19.9. The van der Waals surface area contributed by atoms with Crippen molar-refractivity contribution in [3.63, 3.8) is 0 Å². The summed E-state index contributed by atoms with van der Waals surface area (Å²) in [6.07, 6.45) is -4.43. The molecule has 104 valence electrons. The average molecular weight is 294 g/mol. The Balaban J connectivity index is 2.17. The molecule has 1 aromatic rings. The highest BCUT2D eigenvalue weighted by molar-refractivity contribution is 6.18. The molecule has 0 saturated carbocycles. The highest BCUT2D eigenvalue weighted by Gasteiger charge is 2.33. The standard InChI is InChI=1S/C12H11ClF3NO2/c13-6-8-4-11(18)17(7-8)9-2-1-3-10(5-9)19-12(14,15)16/h1-3,5,8H,4,6-7H2. The number of halogens is 4. The Morgan fingerprint density at radius 1 is 1.42 bits per heavy atom. The van der Waals surface area contributed by atoms with Gasteiger partial charge in [-0.1, -0.05) is 6.07 Å². The maximum absolute atomic E-state index is 12.1. The second-order valence-electron chi connectivity index (χ2n) is 4.27. The Kier molecular flexibility index (Phi) is 3.89. The van der Waals surface area contributed by atoms with Gasteiger partial charge >= 0.3 is 6.36 Å². The van der Waals surface area contributed by atoms with E-state index in [4.69, 9.17) is 11.6 Å². The van der Waals surface area contributed by atoms with Gasteiger partial charge < -0.3 is 9.64 Å². The number of carbonyl (C=O) groups is 1. The molecule has 0 aromatic heterocycles. The van der Waals surface area contributed by atoms with Crippen LogP contribution in [0, 0.1) is 5.92 Å². The van der Waals surface area contributed by atoms with Crippen LogP contribution in [0.25, 0.3) is 0 Å². The summed E-state index contributed by atoms with van der Waals surface area (Å²) in [7, 11) is 0. The van der Waals surface area contributed by atoms with Crippen LogP contribution in [0.5, 0.6) is 5.75 Å². The summed E-state index contributed by atoms with van der Waals surface area (Å²) in [4.78, 5) is 13.2. The molecule has 0 N–H and O–H groups in total. The minimum atomic E-state index is -4.74. The first-order valence-electron chi connectivity index (χ1n) is 5.61. The van der Waals surface area contributed by atoms with Crippen LogP contribution in [0.3, 0.4) is 0 Å². The van der Waals surface area contributed by atoms with Gasteiger partial charge in [-0.15, -0.1) is 24.8 Å². The van der Waals surface area contributed by atoms with Crippen molar-refractivity contribution in [2.75, 3.05) is 17.3 Å². The second-order valence-corrected chi connectivity index (χ2v) is 4.58. The lowest BCUT2D eigenvalue weighted by molar-refractivity contribution is -0.274. The number of benzene rings is 1. The molecule has 1 aliphatic heterocycles. The zero-order valence-corrected chi connectivity index (χ0v) is 10.5. The first-order chi connectivity index (χ1) is 8.89. The number of anilines is 1. The third-order valence-electron chi connectivity index (χ3n) is 2.79. The molecule has 2 rings (SSSR count). The Hall–Kier alpha value is -1.43. The van der Waals surface area contributed by atoms with E-state index in [2.05, 4.69) is 4.74 Å². The molecule has 0 radical (unpaired) electrons. The van der Waals surface area contributed by atoms with Gasteiger partial charge in [-0.3, -0.25) is 4.79 Å². The van der Waals surface area contributed by atoms with Crippen molar-refractivity contribution in [1.29, 1.82) is 0 Å². The van der Waals surface area contributed by atoms with Crippen molar-refractivity contribution in [2.24, 2.45) is 5.92 Å². The van der Waals surface area contributed by atoms with E-state index in [1.807, 2.05) is 0 Å². The molecule has 1 atom stereocenters. The summed E-state index contributed by atoms with van der Waals surface area (Å²) in [5.41, 5.74) is 0.388. The van der Waals surface area contributed by atoms with E-state index in [0.29, 0.717) is 24.5 Å². The summed E-state index contributed by atoms with van der Waals surface area (Å²) in [6.45, 7) is 0.414. The van der Waals surface area contributed by atoms with Crippen LogP contribution in [-0.4, -0.2) is 24.7 Å². The molecular weight excluding hydrogens is 283 g/mol. The number of nitrogens with zero attached hydrogens (tertiary/aromatic N) is 1. The Labute approximate surface area is 112 Å². The van der Waals surface area contributed by atoms with Crippen molar-refractivity contribution in [3.8, 4) is 5.75 Å². The molecule has 1 saturated heterocycles. The molecule has 1 aliphatic rings. The first kappa shape index (κ1) is 14.0. The highest BCUT2D eigenvalue weighted by Crippen LogP contribution is 2.30. The Morgan fingerprint density at radius 2 is 2.16 bits per heavy atom. The summed E-state index contributed by atoms with van der Waals surface area (Å²) in [5, 5.41) is 0. The van der Waals surface area contributed by atoms with Gasteiger partial charge in [0.05, 0.1) is 0 Å². The number of hydrogen-bond acceptors (Lipinski definition) is 2. The second kappa shape index (κ2) is 5.28. The van der Waals surface area contributed by atoms with E-state index in [-0.39, 0.29) is 17.6 Å². The van der Waals surface area contributed by atoms with E-state index in [9.17, 15) is 18.0 Å². The van der Waals surface area contributed by atoms with Crippen molar-refractivity contribution >= 4 is 23.2 Å². The molecule has 0 spiro atoms. The van der Waals surface area contributed by atoms with Gasteiger partial charge in [0.15, 0.2) is 0 Å². The molecule has 7 heteroatoms. The Bertz CT molecular complexity index is 478. The summed E-state index contributed by atoms with van der Waals surface area (Å²) >= 11 is 5.69. The van der Waals surface area contributed by atoms with Crippen molar-refractivity contribution in [3.05, 3.63) is 24.3 Å². The lowest BCUT2D eigenvalue weighted by Crippen LogP contribution is -2.25.